The topological polar surface area (TPSA) is 12.5 Å². The molecule has 0 amide bonds. The van der Waals surface area contributed by atoms with Crippen molar-refractivity contribution >= 4 is 23.5 Å². The van der Waals surface area contributed by atoms with Gasteiger partial charge in [0, 0.05) is 18.4 Å². The predicted octanol–water partition coefficient (Wildman–Crippen LogP) is 3.92. The highest BCUT2D eigenvalue weighted by atomic mass is 32.4. The molecule has 0 aliphatic carbocycles. The maximum atomic E-state index is 6.40. The molecule has 1 fully saturated rings. The molecule has 0 aromatic heterocycles. The summed E-state index contributed by atoms with van der Waals surface area (Å²) in [6, 6.07) is 10.4. The van der Waals surface area contributed by atoms with Crippen molar-refractivity contribution in [1.82, 2.24) is 4.67 Å². The normalized spacial score (nSPS) is 21.0. The smallest absolute Gasteiger partial charge is 0.162 e. The van der Waals surface area contributed by atoms with Gasteiger partial charge in [-0.1, -0.05) is 36.8 Å². The second kappa shape index (κ2) is 6.05. The Balaban J connectivity index is 2.35. The first-order chi connectivity index (χ1) is 8.92. The van der Waals surface area contributed by atoms with Crippen LogP contribution >= 0.6 is 6.42 Å². The first-order valence-electron chi connectivity index (χ1n) is 7.04. The van der Waals surface area contributed by atoms with E-state index >= 15 is 0 Å². The van der Waals surface area contributed by atoms with Crippen LogP contribution in [0.1, 0.15) is 40.0 Å². The summed E-state index contributed by atoms with van der Waals surface area (Å²) in [5.41, 5.74) is -0.206. The van der Waals surface area contributed by atoms with E-state index in [1.165, 1.54) is 24.6 Å². The van der Waals surface area contributed by atoms with Crippen LogP contribution in [0.2, 0.25) is 0 Å². The number of piperidine rings is 1. The summed E-state index contributed by atoms with van der Waals surface area (Å²) in [4.78, 5) is 0. The molecule has 1 unspecified atom stereocenters. The second-order valence-electron chi connectivity index (χ2n) is 6.07. The minimum absolute atomic E-state index is 0.206. The van der Waals surface area contributed by atoms with Gasteiger partial charge in [0.2, 0.25) is 0 Å². The van der Waals surface area contributed by atoms with Gasteiger partial charge in [-0.05, 0) is 45.4 Å². The van der Waals surface area contributed by atoms with Gasteiger partial charge in [-0.2, -0.15) is 0 Å². The standard InChI is InChI=1S/C15H24NOPS/c1-15(2,3)17-18(19,14-10-6-4-7-11-14)16-12-8-5-9-13-16/h4,6-7,10-11H,5,8-9,12-13H2,1-3H3. The zero-order chi connectivity index (χ0) is 13.9. The van der Waals surface area contributed by atoms with Crippen LogP contribution in [0.4, 0.5) is 0 Å². The lowest BCUT2D eigenvalue weighted by Gasteiger charge is -2.40. The first-order valence-corrected chi connectivity index (χ1v) is 9.71. The SMILES string of the molecule is CC(C)(C)OP(=S)(c1ccccc1)N1CCCCC1. The minimum atomic E-state index is -2.10. The Labute approximate surface area is 122 Å². The number of hydrogen-bond donors (Lipinski definition) is 0. The van der Waals surface area contributed by atoms with Crippen LogP contribution < -0.4 is 5.30 Å². The van der Waals surface area contributed by atoms with Gasteiger partial charge in [0.15, 0.2) is 6.42 Å². The lowest BCUT2D eigenvalue weighted by Crippen LogP contribution is -2.35. The van der Waals surface area contributed by atoms with Gasteiger partial charge in [0.1, 0.15) is 0 Å². The largest absolute Gasteiger partial charge is 0.329 e. The maximum absolute atomic E-state index is 6.40. The van der Waals surface area contributed by atoms with Crippen LogP contribution in [-0.4, -0.2) is 23.4 Å². The van der Waals surface area contributed by atoms with Gasteiger partial charge in [-0.15, -0.1) is 0 Å². The first kappa shape index (κ1) is 15.2. The zero-order valence-corrected chi connectivity index (χ0v) is 13.8. The predicted molar refractivity (Wildman–Crippen MR) is 86.6 cm³/mol. The van der Waals surface area contributed by atoms with E-state index in [1.54, 1.807) is 0 Å². The molecule has 2 rings (SSSR count). The lowest BCUT2D eigenvalue weighted by atomic mass is 10.2. The Bertz CT molecular complexity index is 449. The highest BCUT2D eigenvalue weighted by molar-refractivity contribution is 8.14. The minimum Gasteiger partial charge on any atom is -0.329 e. The van der Waals surface area contributed by atoms with Gasteiger partial charge in [-0.3, -0.25) is 4.67 Å². The van der Waals surface area contributed by atoms with Crippen LogP contribution in [0.5, 0.6) is 0 Å². The van der Waals surface area contributed by atoms with Gasteiger partial charge in [-0.25, -0.2) is 0 Å². The Morgan fingerprint density at radius 3 is 2.16 bits per heavy atom. The fraction of sp³-hybridized carbons (Fsp3) is 0.600. The molecule has 1 aromatic carbocycles. The number of benzene rings is 1. The zero-order valence-electron chi connectivity index (χ0n) is 12.1. The van der Waals surface area contributed by atoms with Crippen molar-refractivity contribution in [3.63, 3.8) is 0 Å². The number of hydrogen-bond acceptors (Lipinski definition) is 2. The molecule has 0 N–H and O–H groups in total. The average Bonchev–Trinajstić information content (AvgIpc) is 2.39. The molecule has 1 atom stereocenters. The lowest BCUT2D eigenvalue weighted by molar-refractivity contribution is 0.135. The third-order valence-electron chi connectivity index (χ3n) is 3.18. The molecule has 19 heavy (non-hydrogen) atoms. The Hall–Kier alpha value is -0.210. The molecule has 106 valence electrons. The monoisotopic (exact) mass is 297 g/mol. The van der Waals surface area contributed by atoms with Gasteiger partial charge in [0.05, 0.1) is 5.60 Å². The van der Waals surface area contributed by atoms with Crippen molar-refractivity contribution in [3.8, 4) is 0 Å². The van der Waals surface area contributed by atoms with E-state index in [0.29, 0.717) is 0 Å². The molecular formula is C15H24NOPS. The van der Waals surface area contributed by atoms with Crippen molar-refractivity contribution in [2.75, 3.05) is 13.1 Å². The Morgan fingerprint density at radius 2 is 1.63 bits per heavy atom. The van der Waals surface area contributed by atoms with Crippen molar-refractivity contribution in [1.29, 1.82) is 0 Å². The van der Waals surface area contributed by atoms with Crippen LogP contribution in [-0.2, 0) is 16.3 Å². The van der Waals surface area contributed by atoms with E-state index in [1.807, 2.05) is 6.07 Å². The van der Waals surface area contributed by atoms with Gasteiger partial charge < -0.3 is 4.52 Å². The van der Waals surface area contributed by atoms with E-state index < -0.39 is 6.42 Å². The third kappa shape index (κ3) is 3.88. The molecule has 4 heteroatoms. The van der Waals surface area contributed by atoms with Gasteiger partial charge >= 0.3 is 0 Å². The fourth-order valence-electron chi connectivity index (χ4n) is 2.40. The summed E-state index contributed by atoms with van der Waals surface area (Å²) in [5, 5.41) is 1.18. The fourth-order valence-corrected chi connectivity index (χ4v) is 6.58. The molecule has 1 saturated heterocycles. The molecule has 1 aliphatic heterocycles. The third-order valence-corrected chi connectivity index (χ3v) is 7.62. The van der Waals surface area contributed by atoms with Crippen LogP contribution in [0, 0.1) is 0 Å². The number of rotatable bonds is 3. The molecule has 1 aliphatic rings. The summed E-state index contributed by atoms with van der Waals surface area (Å²) in [7, 11) is 0. The highest BCUT2D eigenvalue weighted by Gasteiger charge is 2.33. The van der Waals surface area contributed by atoms with E-state index in [2.05, 4.69) is 49.7 Å². The van der Waals surface area contributed by atoms with Crippen molar-refractivity contribution in [3.05, 3.63) is 30.3 Å². The molecule has 0 saturated carbocycles. The van der Waals surface area contributed by atoms with Crippen LogP contribution in [0.3, 0.4) is 0 Å². The molecular weight excluding hydrogens is 273 g/mol. The quantitative estimate of drug-likeness (QED) is 0.785. The number of nitrogens with zero attached hydrogens (tertiary/aromatic N) is 1. The van der Waals surface area contributed by atoms with Gasteiger partial charge in [0.25, 0.3) is 0 Å². The summed E-state index contributed by atoms with van der Waals surface area (Å²) in [5.74, 6) is 0. The molecule has 0 radical (unpaired) electrons. The van der Waals surface area contributed by atoms with E-state index in [4.69, 9.17) is 16.3 Å². The average molecular weight is 297 g/mol. The highest BCUT2D eigenvalue weighted by Crippen LogP contribution is 2.54. The molecule has 0 spiro atoms. The summed E-state index contributed by atoms with van der Waals surface area (Å²) in [6.07, 6.45) is 1.68. The van der Waals surface area contributed by atoms with Crippen molar-refractivity contribution < 1.29 is 4.52 Å². The molecule has 0 bridgehead atoms. The van der Waals surface area contributed by atoms with E-state index in [-0.39, 0.29) is 5.60 Å². The second-order valence-corrected chi connectivity index (χ2v) is 9.86. The Morgan fingerprint density at radius 1 is 1.05 bits per heavy atom. The van der Waals surface area contributed by atoms with Crippen LogP contribution in [0.15, 0.2) is 30.3 Å². The molecule has 2 nitrogen and oxygen atoms in total. The summed E-state index contributed by atoms with van der Waals surface area (Å²) in [6.45, 7) is 8.44. The van der Waals surface area contributed by atoms with Crippen molar-refractivity contribution in [2.24, 2.45) is 0 Å². The van der Waals surface area contributed by atoms with E-state index in [9.17, 15) is 0 Å². The molecule has 1 heterocycles. The molecule has 1 aromatic rings. The Kier molecular flexibility index (Phi) is 4.84. The van der Waals surface area contributed by atoms with E-state index in [0.717, 1.165) is 13.1 Å². The summed E-state index contributed by atoms with van der Waals surface area (Å²) < 4.78 is 8.83. The summed E-state index contributed by atoms with van der Waals surface area (Å²) >= 11 is 6.05. The van der Waals surface area contributed by atoms with Crippen LogP contribution in [0.25, 0.3) is 0 Å². The van der Waals surface area contributed by atoms with Crippen molar-refractivity contribution in [2.45, 2.75) is 45.6 Å². The maximum Gasteiger partial charge on any atom is 0.162 e.